The van der Waals surface area contributed by atoms with Gasteiger partial charge in [-0.25, -0.2) is 0 Å². The van der Waals surface area contributed by atoms with E-state index >= 15 is 0 Å². The third kappa shape index (κ3) is 3.71. The first-order valence-electron chi connectivity index (χ1n) is 7.67. The number of carbonyl (C=O) groups is 2. The molecule has 4 heteroatoms. The molecule has 1 saturated heterocycles. The Bertz CT molecular complexity index is 335. The third-order valence-corrected chi connectivity index (χ3v) is 4.57. The van der Waals surface area contributed by atoms with Crippen LogP contribution in [0.1, 0.15) is 58.8 Å². The molecule has 0 aromatic carbocycles. The summed E-state index contributed by atoms with van der Waals surface area (Å²) in [6.45, 7) is 4.85. The highest BCUT2D eigenvalue weighted by Gasteiger charge is 2.29. The number of nitrogens with zero attached hydrogens (tertiary/aromatic N) is 1. The topological polar surface area (TPSA) is 49.4 Å². The molecule has 1 N–H and O–H groups in total. The first-order valence-corrected chi connectivity index (χ1v) is 7.67. The molecular formula is C15H26N2O2. The highest BCUT2D eigenvalue weighted by Crippen LogP contribution is 2.23. The molecule has 2 fully saturated rings. The molecule has 1 atom stereocenters. The number of rotatable bonds is 3. The summed E-state index contributed by atoms with van der Waals surface area (Å²) in [5.41, 5.74) is 0. The lowest BCUT2D eigenvalue weighted by molar-refractivity contribution is -0.142. The van der Waals surface area contributed by atoms with Crippen molar-refractivity contribution >= 4 is 11.8 Å². The Balaban J connectivity index is 1.83. The Kier molecular flexibility index (Phi) is 4.83. The maximum atomic E-state index is 12.2. The predicted octanol–water partition coefficient (Wildman–Crippen LogP) is 2.08. The Morgan fingerprint density at radius 1 is 1.26 bits per heavy atom. The summed E-state index contributed by atoms with van der Waals surface area (Å²) in [5, 5.41) is 3.12. The van der Waals surface area contributed by atoms with E-state index in [1.54, 1.807) is 4.90 Å². The van der Waals surface area contributed by atoms with Crippen LogP contribution in [0, 0.1) is 5.92 Å². The van der Waals surface area contributed by atoms with Crippen LogP contribution >= 0.6 is 0 Å². The van der Waals surface area contributed by atoms with E-state index < -0.39 is 0 Å². The highest BCUT2D eigenvalue weighted by molar-refractivity contribution is 5.87. The number of amides is 2. The lowest BCUT2D eigenvalue weighted by Crippen LogP contribution is -2.52. The van der Waals surface area contributed by atoms with Gasteiger partial charge >= 0.3 is 0 Å². The molecule has 108 valence electrons. The van der Waals surface area contributed by atoms with Crippen LogP contribution in [0.15, 0.2) is 0 Å². The fourth-order valence-electron chi connectivity index (χ4n) is 3.10. The average molecular weight is 266 g/mol. The SMILES string of the molecule is CC1CCC(NC(=O)[C@H](C)N2CCCCC2=O)CC1. The van der Waals surface area contributed by atoms with Crippen LogP contribution in [0.3, 0.4) is 0 Å². The van der Waals surface area contributed by atoms with Crippen molar-refractivity contribution < 1.29 is 9.59 Å². The van der Waals surface area contributed by atoms with E-state index in [9.17, 15) is 9.59 Å². The van der Waals surface area contributed by atoms with Crippen LogP contribution in [0.4, 0.5) is 0 Å². The number of carbonyl (C=O) groups excluding carboxylic acids is 2. The van der Waals surface area contributed by atoms with Crippen molar-refractivity contribution in [2.45, 2.75) is 70.9 Å². The second-order valence-electron chi connectivity index (χ2n) is 6.19. The van der Waals surface area contributed by atoms with E-state index in [1.165, 1.54) is 12.8 Å². The molecule has 19 heavy (non-hydrogen) atoms. The van der Waals surface area contributed by atoms with Gasteiger partial charge in [0, 0.05) is 19.0 Å². The van der Waals surface area contributed by atoms with Crippen LogP contribution in [-0.4, -0.2) is 35.3 Å². The summed E-state index contributed by atoms with van der Waals surface area (Å²) in [6.07, 6.45) is 7.12. The largest absolute Gasteiger partial charge is 0.352 e. The Morgan fingerprint density at radius 3 is 2.58 bits per heavy atom. The molecule has 1 aliphatic carbocycles. The first kappa shape index (κ1) is 14.4. The van der Waals surface area contributed by atoms with E-state index in [4.69, 9.17) is 0 Å². The van der Waals surface area contributed by atoms with E-state index in [0.29, 0.717) is 12.5 Å². The van der Waals surface area contributed by atoms with Crippen LogP contribution in [0.5, 0.6) is 0 Å². The maximum absolute atomic E-state index is 12.2. The number of hydrogen-bond acceptors (Lipinski definition) is 2. The van der Waals surface area contributed by atoms with Crippen molar-refractivity contribution in [2.24, 2.45) is 5.92 Å². The van der Waals surface area contributed by atoms with Gasteiger partial charge in [-0.05, 0) is 51.4 Å². The summed E-state index contributed by atoms with van der Waals surface area (Å²) < 4.78 is 0. The van der Waals surface area contributed by atoms with Gasteiger partial charge in [0.05, 0.1) is 0 Å². The zero-order valence-electron chi connectivity index (χ0n) is 12.2. The molecule has 4 nitrogen and oxygen atoms in total. The number of piperidine rings is 1. The van der Waals surface area contributed by atoms with Crippen molar-refractivity contribution in [2.75, 3.05) is 6.54 Å². The van der Waals surface area contributed by atoms with Gasteiger partial charge in [-0.1, -0.05) is 6.92 Å². The van der Waals surface area contributed by atoms with E-state index in [1.807, 2.05) is 6.92 Å². The van der Waals surface area contributed by atoms with Gasteiger partial charge in [0.1, 0.15) is 6.04 Å². The van der Waals surface area contributed by atoms with Gasteiger partial charge < -0.3 is 10.2 Å². The summed E-state index contributed by atoms with van der Waals surface area (Å²) in [6, 6.07) is -0.00167. The fraction of sp³-hybridized carbons (Fsp3) is 0.867. The van der Waals surface area contributed by atoms with Gasteiger partial charge in [0.15, 0.2) is 0 Å². The lowest BCUT2D eigenvalue weighted by Gasteiger charge is -2.34. The zero-order valence-corrected chi connectivity index (χ0v) is 12.2. The van der Waals surface area contributed by atoms with Crippen molar-refractivity contribution in [3.05, 3.63) is 0 Å². The fourth-order valence-corrected chi connectivity index (χ4v) is 3.10. The second-order valence-corrected chi connectivity index (χ2v) is 6.19. The number of likely N-dealkylation sites (tertiary alicyclic amines) is 1. The molecular weight excluding hydrogens is 240 g/mol. The van der Waals surface area contributed by atoms with Crippen molar-refractivity contribution in [3.8, 4) is 0 Å². The number of nitrogens with one attached hydrogen (secondary N) is 1. The Labute approximate surface area is 115 Å². The molecule has 0 aromatic rings. The summed E-state index contributed by atoms with van der Waals surface area (Å²) in [4.78, 5) is 25.8. The summed E-state index contributed by atoms with van der Waals surface area (Å²) in [5.74, 6) is 0.940. The smallest absolute Gasteiger partial charge is 0.242 e. The van der Waals surface area contributed by atoms with Crippen LogP contribution < -0.4 is 5.32 Å². The van der Waals surface area contributed by atoms with Crippen LogP contribution in [0.25, 0.3) is 0 Å². The first-order chi connectivity index (χ1) is 9.08. The van der Waals surface area contributed by atoms with Crippen molar-refractivity contribution in [1.82, 2.24) is 10.2 Å². The average Bonchev–Trinajstić information content (AvgIpc) is 2.41. The molecule has 0 aromatic heterocycles. The molecule has 2 aliphatic rings. The molecule has 0 bridgehead atoms. The summed E-state index contributed by atoms with van der Waals surface area (Å²) in [7, 11) is 0. The Morgan fingerprint density at radius 2 is 1.95 bits per heavy atom. The van der Waals surface area contributed by atoms with Crippen molar-refractivity contribution in [3.63, 3.8) is 0 Å². The second kappa shape index (κ2) is 6.40. The monoisotopic (exact) mass is 266 g/mol. The highest BCUT2D eigenvalue weighted by atomic mass is 16.2. The predicted molar refractivity (Wildman–Crippen MR) is 74.6 cm³/mol. The molecule has 0 unspecified atom stereocenters. The third-order valence-electron chi connectivity index (χ3n) is 4.57. The number of hydrogen-bond donors (Lipinski definition) is 1. The van der Waals surface area contributed by atoms with E-state index in [-0.39, 0.29) is 17.9 Å². The summed E-state index contributed by atoms with van der Waals surface area (Å²) >= 11 is 0. The van der Waals surface area contributed by atoms with Crippen LogP contribution in [0.2, 0.25) is 0 Å². The van der Waals surface area contributed by atoms with Gasteiger partial charge in [-0.2, -0.15) is 0 Å². The van der Waals surface area contributed by atoms with Gasteiger partial charge in [0.2, 0.25) is 11.8 Å². The molecule has 2 rings (SSSR count). The van der Waals surface area contributed by atoms with Gasteiger partial charge in [-0.3, -0.25) is 9.59 Å². The van der Waals surface area contributed by atoms with Gasteiger partial charge in [0.25, 0.3) is 0 Å². The van der Waals surface area contributed by atoms with E-state index in [0.717, 1.165) is 38.1 Å². The Hall–Kier alpha value is -1.06. The lowest BCUT2D eigenvalue weighted by atomic mass is 9.87. The molecule has 0 radical (unpaired) electrons. The molecule has 2 amide bonds. The molecule has 1 saturated carbocycles. The normalized spacial score (nSPS) is 30.0. The molecule has 1 heterocycles. The maximum Gasteiger partial charge on any atom is 0.242 e. The van der Waals surface area contributed by atoms with E-state index in [2.05, 4.69) is 12.2 Å². The van der Waals surface area contributed by atoms with Crippen molar-refractivity contribution in [1.29, 1.82) is 0 Å². The minimum atomic E-state index is -0.313. The molecule has 0 spiro atoms. The zero-order chi connectivity index (χ0) is 13.8. The van der Waals surface area contributed by atoms with Gasteiger partial charge in [-0.15, -0.1) is 0 Å². The minimum Gasteiger partial charge on any atom is -0.352 e. The minimum absolute atomic E-state index is 0.0230. The quantitative estimate of drug-likeness (QED) is 0.850. The molecule has 1 aliphatic heterocycles. The standard InChI is InChI=1S/C15H26N2O2/c1-11-6-8-13(9-7-11)16-15(19)12(2)17-10-4-3-5-14(17)18/h11-13H,3-10H2,1-2H3,(H,16,19)/t11?,12-,13?/m0/s1. The van der Waals surface area contributed by atoms with Crippen LogP contribution in [-0.2, 0) is 9.59 Å².